The van der Waals surface area contributed by atoms with Gasteiger partial charge in [-0.25, -0.2) is 0 Å². The number of rotatable bonds is 9. The molecule has 4 aromatic rings. The Morgan fingerprint density at radius 1 is 0.923 bits per heavy atom. The van der Waals surface area contributed by atoms with Gasteiger partial charge < -0.3 is 29.0 Å². The van der Waals surface area contributed by atoms with Crippen molar-refractivity contribution in [3.8, 4) is 40.0 Å². The Bertz CT molecular complexity index is 1490. The Balaban J connectivity index is 1.64. The molecule has 0 radical (unpaired) electrons. The van der Waals surface area contributed by atoms with Crippen molar-refractivity contribution in [2.24, 2.45) is 0 Å². The highest BCUT2D eigenvalue weighted by Gasteiger charge is 2.43. The van der Waals surface area contributed by atoms with Crippen LogP contribution in [-0.2, 0) is 6.42 Å². The zero-order valence-corrected chi connectivity index (χ0v) is 22.6. The number of aromatic nitrogens is 2. The molecule has 0 bridgehead atoms. The van der Waals surface area contributed by atoms with Crippen molar-refractivity contribution in [2.45, 2.75) is 19.4 Å². The highest BCUT2D eigenvalue weighted by molar-refractivity contribution is 6.00. The zero-order chi connectivity index (χ0) is 27.7. The monoisotopic (exact) mass is 529 g/mol. The molecule has 0 spiro atoms. The van der Waals surface area contributed by atoms with Crippen molar-refractivity contribution in [1.82, 2.24) is 15.1 Å². The molecule has 0 saturated heterocycles. The molecule has 39 heavy (non-hydrogen) atoms. The average Bonchev–Trinajstić information content (AvgIpc) is 3.50. The summed E-state index contributed by atoms with van der Waals surface area (Å²) >= 11 is 0. The summed E-state index contributed by atoms with van der Waals surface area (Å²) in [4.78, 5) is 15.6. The number of H-pyrrole nitrogens is 1. The molecule has 9 nitrogen and oxygen atoms in total. The molecule has 0 saturated carbocycles. The van der Waals surface area contributed by atoms with Crippen LogP contribution >= 0.6 is 0 Å². The summed E-state index contributed by atoms with van der Waals surface area (Å²) in [5.41, 5.74) is 4.94. The predicted molar refractivity (Wildman–Crippen MR) is 146 cm³/mol. The van der Waals surface area contributed by atoms with Gasteiger partial charge in [0.25, 0.3) is 5.91 Å². The van der Waals surface area contributed by atoms with Crippen molar-refractivity contribution in [2.75, 3.05) is 35.0 Å². The van der Waals surface area contributed by atoms with E-state index >= 15 is 0 Å². The number of nitrogens with zero attached hydrogens (tertiary/aromatic N) is 2. The molecular weight excluding hydrogens is 498 g/mol. The van der Waals surface area contributed by atoms with Crippen molar-refractivity contribution >= 4 is 5.91 Å². The van der Waals surface area contributed by atoms with Crippen LogP contribution < -0.4 is 18.9 Å². The van der Waals surface area contributed by atoms with Crippen LogP contribution in [0.5, 0.6) is 28.7 Å². The Morgan fingerprint density at radius 3 is 2.23 bits per heavy atom. The van der Waals surface area contributed by atoms with E-state index in [0.717, 1.165) is 22.4 Å². The van der Waals surface area contributed by atoms with Gasteiger partial charge in [0, 0.05) is 17.7 Å². The van der Waals surface area contributed by atoms with Gasteiger partial charge in [-0.15, -0.1) is 0 Å². The molecular formula is C30H31N3O6. The first kappa shape index (κ1) is 26.0. The van der Waals surface area contributed by atoms with Crippen LogP contribution in [0.25, 0.3) is 11.3 Å². The van der Waals surface area contributed by atoms with E-state index in [1.165, 1.54) is 0 Å². The van der Waals surface area contributed by atoms with Gasteiger partial charge in [-0.3, -0.25) is 9.89 Å². The maximum atomic E-state index is 13.8. The van der Waals surface area contributed by atoms with Crippen LogP contribution in [-0.4, -0.2) is 61.1 Å². The molecule has 5 rings (SSSR count). The number of carbonyl (C=O) groups is 1. The van der Waals surface area contributed by atoms with E-state index < -0.39 is 6.04 Å². The lowest BCUT2D eigenvalue weighted by molar-refractivity contribution is 0.0745. The first-order chi connectivity index (χ1) is 18.9. The van der Waals surface area contributed by atoms with Gasteiger partial charge in [0.1, 0.15) is 22.9 Å². The normalized spacial score (nSPS) is 14.3. The molecule has 2 heterocycles. The topological polar surface area (TPSA) is 106 Å². The SMILES string of the molecule is COc1ccc(CCN2C(=O)c3[nH]nc(-c4cc(C)ccc4O)c3[C@@H]2c2cc(OC)c(OC)c(OC)c2)cc1. The largest absolute Gasteiger partial charge is 0.507 e. The molecule has 0 unspecified atom stereocenters. The fraction of sp³-hybridized carbons (Fsp3) is 0.267. The number of aromatic amines is 1. The van der Waals surface area contributed by atoms with Gasteiger partial charge in [0.05, 0.1) is 34.5 Å². The minimum absolute atomic E-state index is 0.0858. The van der Waals surface area contributed by atoms with Crippen LogP contribution in [0.4, 0.5) is 0 Å². The number of ether oxygens (including phenoxy) is 4. The number of carbonyl (C=O) groups excluding carboxylic acids is 1. The third-order valence-corrected chi connectivity index (χ3v) is 7.07. The predicted octanol–water partition coefficient (Wildman–Crippen LogP) is 4.91. The maximum absolute atomic E-state index is 13.8. The van der Waals surface area contributed by atoms with E-state index in [4.69, 9.17) is 18.9 Å². The Morgan fingerprint density at radius 2 is 1.62 bits per heavy atom. The maximum Gasteiger partial charge on any atom is 0.273 e. The summed E-state index contributed by atoms with van der Waals surface area (Å²) < 4.78 is 22.1. The summed E-state index contributed by atoms with van der Waals surface area (Å²) in [7, 11) is 6.29. The summed E-state index contributed by atoms with van der Waals surface area (Å²) in [6, 6.07) is 16.3. The Hall–Kier alpha value is -4.66. The quantitative estimate of drug-likeness (QED) is 0.317. The van der Waals surface area contributed by atoms with Crippen molar-refractivity contribution in [3.63, 3.8) is 0 Å². The standard InChI is InChI=1S/C30H31N3O6/c1-17-6-11-22(34)21(14-17)26-25-27(32-31-26)30(35)33(13-12-18-7-9-20(36-2)10-8-18)28(25)19-15-23(37-3)29(39-5)24(16-19)38-4/h6-11,14-16,28,34H,12-13H2,1-5H3,(H,31,32)/t28-/m0/s1. The number of amides is 1. The van der Waals surface area contributed by atoms with Gasteiger partial charge in [-0.2, -0.15) is 5.10 Å². The van der Waals surface area contributed by atoms with E-state index in [1.54, 1.807) is 34.5 Å². The summed E-state index contributed by atoms with van der Waals surface area (Å²) in [6.45, 7) is 2.38. The van der Waals surface area contributed by atoms with Crippen molar-refractivity contribution < 1.29 is 28.8 Å². The van der Waals surface area contributed by atoms with E-state index in [9.17, 15) is 9.90 Å². The molecule has 3 aromatic carbocycles. The lowest BCUT2D eigenvalue weighted by atomic mass is 9.94. The van der Waals surface area contributed by atoms with E-state index in [2.05, 4.69) is 10.2 Å². The third-order valence-electron chi connectivity index (χ3n) is 7.07. The number of benzene rings is 3. The number of phenols is 1. The van der Waals surface area contributed by atoms with Gasteiger partial charge in [-0.05, 0) is 60.9 Å². The second-order valence-electron chi connectivity index (χ2n) is 9.34. The average molecular weight is 530 g/mol. The minimum Gasteiger partial charge on any atom is -0.507 e. The molecule has 1 atom stereocenters. The third kappa shape index (κ3) is 4.60. The number of hydrogen-bond acceptors (Lipinski definition) is 7. The number of nitrogens with one attached hydrogen (secondary N) is 1. The number of methoxy groups -OCH3 is 4. The lowest BCUT2D eigenvalue weighted by Gasteiger charge is -2.27. The fourth-order valence-electron chi connectivity index (χ4n) is 5.12. The molecule has 0 fully saturated rings. The van der Waals surface area contributed by atoms with Crippen molar-refractivity contribution in [1.29, 1.82) is 0 Å². The van der Waals surface area contributed by atoms with Crippen LogP contribution in [0.15, 0.2) is 54.6 Å². The van der Waals surface area contributed by atoms with Crippen LogP contribution in [0.2, 0.25) is 0 Å². The number of phenolic OH excluding ortho intramolecular Hbond substituents is 1. The van der Waals surface area contributed by atoms with Crippen molar-refractivity contribution in [3.05, 3.63) is 82.5 Å². The molecule has 1 aliphatic rings. The number of fused-ring (bicyclic) bond motifs is 1. The fourth-order valence-corrected chi connectivity index (χ4v) is 5.12. The molecule has 1 amide bonds. The van der Waals surface area contributed by atoms with Gasteiger partial charge in [-0.1, -0.05) is 23.8 Å². The summed E-state index contributed by atoms with van der Waals surface area (Å²) in [6.07, 6.45) is 0.624. The van der Waals surface area contributed by atoms with Gasteiger partial charge in [0.15, 0.2) is 11.5 Å². The molecule has 2 N–H and O–H groups in total. The second-order valence-corrected chi connectivity index (χ2v) is 9.34. The van der Waals surface area contributed by atoms with Gasteiger partial charge >= 0.3 is 0 Å². The molecule has 9 heteroatoms. The smallest absolute Gasteiger partial charge is 0.273 e. The molecule has 1 aliphatic heterocycles. The van der Waals surface area contributed by atoms with Crippen LogP contribution in [0, 0.1) is 6.92 Å². The highest BCUT2D eigenvalue weighted by Crippen LogP contribution is 2.48. The summed E-state index contributed by atoms with van der Waals surface area (Å²) in [5, 5.41) is 18.2. The second kappa shape index (κ2) is 10.6. The lowest BCUT2D eigenvalue weighted by Crippen LogP contribution is -2.31. The van der Waals surface area contributed by atoms with E-state index in [1.807, 2.05) is 60.4 Å². The van der Waals surface area contributed by atoms with Crippen LogP contribution in [0.1, 0.15) is 38.8 Å². The Labute approximate surface area is 226 Å². The minimum atomic E-state index is -0.520. The number of hydrogen-bond donors (Lipinski definition) is 2. The zero-order valence-electron chi connectivity index (χ0n) is 22.6. The molecule has 202 valence electrons. The first-order valence-electron chi connectivity index (χ1n) is 12.5. The molecule has 0 aliphatic carbocycles. The number of aryl methyl sites for hydroxylation is 1. The Kier molecular flexibility index (Phi) is 7.06. The first-order valence-corrected chi connectivity index (χ1v) is 12.5. The van der Waals surface area contributed by atoms with Crippen LogP contribution in [0.3, 0.4) is 0 Å². The highest BCUT2D eigenvalue weighted by atomic mass is 16.5. The van der Waals surface area contributed by atoms with Gasteiger partial charge in [0.2, 0.25) is 5.75 Å². The summed E-state index contributed by atoms with van der Waals surface area (Å²) in [5.74, 6) is 2.10. The molecule has 1 aromatic heterocycles. The number of aromatic hydroxyl groups is 1. The van der Waals surface area contributed by atoms with E-state index in [-0.39, 0.29) is 11.7 Å². The van der Waals surface area contributed by atoms with E-state index in [0.29, 0.717) is 52.7 Å².